The highest BCUT2D eigenvalue weighted by Crippen LogP contribution is 2.30. The Bertz CT molecular complexity index is 1230. The fraction of sp³-hybridized carbons (Fsp3) is 0. The van der Waals surface area contributed by atoms with Crippen LogP contribution in [0, 0.1) is 0 Å². The first-order valence-electron chi connectivity index (χ1n) is 8.08. The quantitative estimate of drug-likeness (QED) is 0.490. The molecule has 5 aromatic rings. The zero-order valence-corrected chi connectivity index (χ0v) is 14.3. The molecule has 0 spiro atoms. The van der Waals surface area contributed by atoms with Gasteiger partial charge in [0.05, 0.1) is 11.0 Å². The Kier molecular flexibility index (Phi) is 3.36. The van der Waals surface area contributed by atoms with Crippen molar-refractivity contribution in [1.82, 2.24) is 24.6 Å². The van der Waals surface area contributed by atoms with Crippen molar-refractivity contribution < 1.29 is 0 Å². The van der Waals surface area contributed by atoms with Gasteiger partial charge in [-0.2, -0.15) is 0 Å². The summed E-state index contributed by atoms with van der Waals surface area (Å²) in [6.45, 7) is 0. The van der Waals surface area contributed by atoms with Crippen LogP contribution in [0.2, 0.25) is 5.02 Å². The van der Waals surface area contributed by atoms with Crippen molar-refractivity contribution in [3.05, 3.63) is 72.1 Å². The summed E-state index contributed by atoms with van der Waals surface area (Å²) in [7, 11) is 0. The number of rotatable bonds is 3. The lowest BCUT2D eigenvalue weighted by atomic mass is 10.1. The van der Waals surface area contributed by atoms with E-state index < -0.39 is 0 Å². The predicted molar refractivity (Wildman–Crippen MR) is 103 cm³/mol. The van der Waals surface area contributed by atoms with Crippen molar-refractivity contribution >= 4 is 39.7 Å². The summed E-state index contributed by atoms with van der Waals surface area (Å²) in [5.41, 5.74) is 4.58. The van der Waals surface area contributed by atoms with Crippen LogP contribution in [0.5, 0.6) is 0 Å². The second-order valence-corrected chi connectivity index (χ2v) is 6.31. The largest absolute Gasteiger partial charge is 0.338 e. The summed E-state index contributed by atoms with van der Waals surface area (Å²) in [6.07, 6.45) is 3.58. The first kappa shape index (κ1) is 14.9. The number of hydrogen-bond donors (Lipinski definition) is 2. The number of halogens is 1. The number of aromatic amines is 1. The highest BCUT2D eigenvalue weighted by molar-refractivity contribution is 6.30. The molecule has 3 aromatic heterocycles. The number of para-hydroxylation sites is 1. The maximum atomic E-state index is 6.11. The van der Waals surface area contributed by atoms with Gasteiger partial charge in [0.1, 0.15) is 11.8 Å². The molecule has 26 heavy (non-hydrogen) atoms. The second-order valence-electron chi connectivity index (χ2n) is 5.87. The molecule has 0 radical (unpaired) electrons. The van der Waals surface area contributed by atoms with Crippen LogP contribution in [0.1, 0.15) is 0 Å². The van der Waals surface area contributed by atoms with Crippen LogP contribution in [0.15, 0.2) is 67.1 Å². The molecule has 0 unspecified atom stereocenters. The Labute approximate surface area is 153 Å². The van der Waals surface area contributed by atoms with Crippen LogP contribution in [-0.4, -0.2) is 24.6 Å². The smallest absolute Gasteiger partial charge is 0.163 e. The molecule has 2 aromatic carbocycles. The molecule has 0 amide bonds. The van der Waals surface area contributed by atoms with E-state index in [1.165, 1.54) is 0 Å². The summed E-state index contributed by atoms with van der Waals surface area (Å²) in [6, 6.07) is 17.6. The number of hydrogen-bond acceptors (Lipinski definition) is 4. The molecule has 7 heteroatoms. The Morgan fingerprint density at radius 3 is 2.73 bits per heavy atom. The Morgan fingerprint density at radius 1 is 1.00 bits per heavy atom. The summed E-state index contributed by atoms with van der Waals surface area (Å²) in [5, 5.41) is 12.1. The van der Waals surface area contributed by atoms with Gasteiger partial charge in [-0.25, -0.2) is 4.98 Å². The SMILES string of the molecule is Clc1cccc(Nc2nc3c(-c4nnc[nH]4)cccc3n3cccc23)c1. The molecule has 126 valence electrons. The lowest BCUT2D eigenvalue weighted by Crippen LogP contribution is -2.00. The molecule has 6 nitrogen and oxygen atoms in total. The average molecular weight is 361 g/mol. The van der Waals surface area contributed by atoms with Gasteiger partial charge < -0.3 is 14.7 Å². The number of aromatic nitrogens is 5. The predicted octanol–water partition coefficient (Wildman–Crippen LogP) is 4.67. The average Bonchev–Trinajstić information content (AvgIpc) is 3.34. The van der Waals surface area contributed by atoms with Crippen molar-refractivity contribution in [2.45, 2.75) is 0 Å². The van der Waals surface area contributed by atoms with Crippen LogP contribution in [0.3, 0.4) is 0 Å². The third kappa shape index (κ3) is 2.39. The first-order chi connectivity index (χ1) is 12.8. The standard InChI is InChI=1S/C19H13ClN6/c20-12-4-1-5-13(10-12)23-19-16-8-3-9-26(16)15-7-2-6-14(17(15)24-19)18-21-11-22-25-18/h1-11H,(H,23,24)(H,21,22,25). The van der Waals surface area contributed by atoms with Gasteiger partial charge in [0.25, 0.3) is 0 Å². The van der Waals surface area contributed by atoms with Crippen molar-refractivity contribution in [1.29, 1.82) is 0 Å². The van der Waals surface area contributed by atoms with Crippen LogP contribution >= 0.6 is 11.6 Å². The van der Waals surface area contributed by atoms with E-state index in [0.29, 0.717) is 10.8 Å². The lowest BCUT2D eigenvalue weighted by Gasteiger charge is -2.12. The van der Waals surface area contributed by atoms with Gasteiger partial charge >= 0.3 is 0 Å². The van der Waals surface area contributed by atoms with E-state index in [1.807, 2.05) is 60.8 Å². The summed E-state index contributed by atoms with van der Waals surface area (Å²) >= 11 is 6.11. The third-order valence-electron chi connectivity index (χ3n) is 4.25. The topological polar surface area (TPSA) is 70.9 Å². The van der Waals surface area contributed by atoms with E-state index in [4.69, 9.17) is 16.6 Å². The highest BCUT2D eigenvalue weighted by atomic mass is 35.5. The molecule has 3 heterocycles. The highest BCUT2D eigenvalue weighted by Gasteiger charge is 2.13. The van der Waals surface area contributed by atoms with Crippen LogP contribution in [0.25, 0.3) is 27.9 Å². The number of benzene rings is 2. The Balaban J connectivity index is 1.77. The normalized spacial score (nSPS) is 11.3. The van der Waals surface area contributed by atoms with Gasteiger partial charge in [0, 0.05) is 22.5 Å². The number of anilines is 2. The van der Waals surface area contributed by atoms with Gasteiger partial charge in [-0.05, 0) is 42.5 Å². The number of H-pyrrole nitrogens is 1. The molecule has 0 saturated carbocycles. The van der Waals surface area contributed by atoms with Gasteiger partial charge in [-0.1, -0.05) is 23.7 Å². The molecule has 0 aliphatic rings. The van der Waals surface area contributed by atoms with Crippen molar-refractivity contribution in [3.63, 3.8) is 0 Å². The van der Waals surface area contributed by atoms with Crippen LogP contribution in [-0.2, 0) is 0 Å². The van der Waals surface area contributed by atoms with E-state index in [-0.39, 0.29) is 0 Å². The monoisotopic (exact) mass is 360 g/mol. The number of nitrogens with zero attached hydrogens (tertiary/aromatic N) is 4. The third-order valence-corrected chi connectivity index (χ3v) is 4.48. The number of fused-ring (bicyclic) bond motifs is 3. The van der Waals surface area contributed by atoms with Crippen LogP contribution < -0.4 is 5.32 Å². The zero-order valence-electron chi connectivity index (χ0n) is 13.5. The van der Waals surface area contributed by atoms with E-state index in [2.05, 4.69) is 24.9 Å². The minimum atomic E-state index is 0.671. The van der Waals surface area contributed by atoms with E-state index in [0.717, 1.165) is 33.6 Å². The molecule has 0 atom stereocenters. The van der Waals surface area contributed by atoms with Gasteiger partial charge in [0.2, 0.25) is 0 Å². The maximum absolute atomic E-state index is 6.11. The molecule has 0 aliphatic heterocycles. The van der Waals surface area contributed by atoms with Gasteiger partial charge in [-0.15, -0.1) is 10.2 Å². The minimum Gasteiger partial charge on any atom is -0.338 e. The number of nitrogens with one attached hydrogen (secondary N) is 2. The molecule has 0 bridgehead atoms. The molecule has 0 saturated heterocycles. The summed E-state index contributed by atoms with van der Waals surface area (Å²) in [4.78, 5) is 7.95. The molecule has 5 rings (SSSR count). The van der Waals surface area contributed by atoms with Crippen molar-refractivity contribution in [3.8, 4) is 11.4 Å². The Hall–Kier alpha value is -3.38. The molecule has 0 fully saturated rings. The summed E-state index contributed by atoms with van der Waals surface area (Å²) in [5.74, 6) is 1.43. The van der Waals surface area contributed by atoms with Crippen molar-refractivity contribution in [2.75, 3.05) is 5.32 Å². The van der Waals surface area contributed by atoms with E-state index >= 15 is 0 Å². The molecule has 2 N–H and O–H groups in total. The molecule has 0 aliphatic carbocycles. The van der Waals surface area contributed by atoms with E-state index in [1.54, 1.807) is 6.33 Å². The second kappa shape index (κ2) is 5.86. The Morgan fingerprint density at radius 2 is 1.88 bits per heavy atom. The lowest BCUT2D eigenvalue weighted by molar-refractivity contribution is 1.09. The minimum absolute atomic E-state index is 0.671. The van der Waals surface area contributed by atoms with E-state index in [9.17, 15) is 0 Å². The zero-order chi connectivity index (χ0) is 17.5. The fourth-order valence-electron chi connectivity index (χ4n) is 3.12. The summed E-state index contributed by atoms with van der Waals surface area (Å²) < 4.78 is 2.11. The molecular weight excluding hydrogens is 348 g/mol. The van der Waals surface area contributed by atoms with Gasteiger partial charge in [0.15, 0.2) is 11.6 Å². The first-order valence-corrected chi connectivity index (χ1v) is 8.46. The maximum Gasteiger partial charge on any atom is 0.163 e. The van der Waals surface area contributed by atoms with Crippen molar-refractivity contribution in [2.24, 2.45) is 0 Å². The molecular formula is C19H13ClN6. The fourth-order valence-corrected chi connectivity index (χ4v) is 3.31. The van der Waals surface area contributed by atoms with Crippen LogP contribution in [0.4, 0.5) is 11.5 Å². The van der Waals surface area contributed by atoms with Gasteiger partial charge in [-0.3, -0.25) is 0 Å².